The molecule has 0 spiro atoms. The van der Waals surface area contributed by atoms with E-state index in [9.17, 15) is 4.79 Å². The van der Waals surface area contributed by atoms with Crippen LogP contribution < -0.4 is 0 Å². The Morgan fingerprint density at radius 2 is 1.80 bits per heavy atom. The fourth-order valence-electron chi connectivity index (χ4n) is 3.29. The van der Waals surface area contributed by atoms with Crippen molar-refractivity contribution in [3.63, 3.8) is 0 Å². The third kappa shape index (κ3) is 2.97. The molecule has 0 atom stereocenters. The number of carbonyl (C=O) groups is 1. The van der Waals surface area contributed by atoms with Gasteiger partial charge < -0.3 is 4.90 Å². The molecule has 0 aliphatic carbocycles. The second-order valence-corrected chi connectivity index (χ2v) is 6.50. The van der Waals surface area contributed by atoms with Crippen molar-refractivity contribution in [2.45, 2.75) is 32.7 Å². The summed E-state index contributed by atoms with van der Waals surface area (Å²) in [4.78, 5) is 27.8. The van der Waals surface area contributed by atoms with Crippen LogP contribution in [0.5, 0.6) is 0 Å². The van der Waals surface area contributed by atoms with E-state index in [0.717, 1.165) is 48.4 Å². The number of aryl methyl sites for hydroxylation is 2. The van der Waals surface area contributed by atoms with Crippen molar-refractivity contribution < 1.29 is 4.79 Å². The molecule has 0 saturated carbocycles. The van der Waals surface area contributed by atoms with E-state index in [1.807, 2.05) is 41.6 Å². The third-order valence-corrected chi connectivity index (χ3v) is 4.88. The van der Waals surface area contributed by atoms with Crippen molar-refractivity contribution in [1.29, 1.82) is 0 Å². The van der Waals surface area contributed by atoms with E-state index in [2.05, 4.69) is 20.1 Å². The Morgan fingerprint density at radius 1 is 1.08 bits per heavy atom. The average Bonchev–Trinajstić information content (AvgIpc) is 3.16. The van der Waals surface area contributed by atoms with Gasteiger partial charge in [0.2, 0.25) is 0 Å². The van der Waals surface area contributed by atoms with Gasteiger partial charge >= 0.3 is 0 Å². The summed E-state index contributed by atoms with van der Waals surface area (Å²) >= 11 is 0. The van der Waals surface area contributed by atoms with Gasteiger partial charge in [0.15, 0.2) is 0 Å². The molecule has 1 aromatic carbocycles. The first-order valence-electron chi connectivity index (χ1n) is 8.50. The van der Waals surface area contributed by atoms with E-state index in [0.29, 0.717) is 11.6 Å². The van der Waals surface area contributed by atoms with Gasteiger partial charge in [0.05, 0.1) is 28.5 Å². The molecule has 0 bridgehead atoms. The highest BCUT2D eigenvalue weighted by Gasteiger charge is 2.25. The molecule has 2 aromatic heterocycles. The van der Waals surface area contributed by atoms with Gasteiger partial charge in [0.25, 0.3) is 5.91 Å². The molecular weight excluding hydrogens is 316 g/mol. The molecule has 1 aliphatic heterocycles. The molecule has 0 N–H and O–H groups in total. The highest BCUT2D eigenvalue weighted by atomic mass is 16.2. The van der Waals surface area contributed by atoms with Crippen LogP contribution in [0.4, 0.5) is 0 Å². The number of piperidine rings is 1. The fourth-order valence-corrected chi connectivity index (χ4v) is 3.29. The van der Waals surface area contributed by atoms with Crippen LogP contribution in [0.2, 0.25) is 0 Å². The number of hydrogen-bond donors (Lipinski definition) is 0. The lowest BCUT2D eigenvalue weighted by molar-refractivity contribution is 0.0690. The van der Waals surface area contributed by atoms with Crippen LogP contribution in [0.3, 0.4) is 0 Å². The van der Waals surface area contributed by atoms with Crippen LogP contribution in [-0.4, -0.2) is 48.6 Å². The average molecular weight is 336 g/mol. The molecule has 3 aromatic rings. The van der Waals surface area contributed by atoms with Crippen molar-refractivity contribution in [1.82, 2.24) is 29.6 Å². The molecule has 7 heteroatoms. The van der Waals surface area contributed by atoms with Gasteiger partial charge in [0.1, 0.15) is 12.7 Å². The molecule has 128 valence electrons. The summed E-state index contributed by atoms with van der Waals surface area (Å²) in [6.07, 6.45) is 5.08. The Morgan fingerprint density at radius 3 is 2.48 bits per heavy atom. The van der Waals surface area contributed by atoms with Gasteiger partial charge in [0, 0.05) is 18.7 Å². The standard InChI is InChI=1S/C18H20N6O/c1-12-13(2)22-17-9-14(3-4-16(17)21-12)18(25)23-7-5-15(6-8-23)24-11-19-10-20-24/h3-4,9-11,15H,5-8H2,1-2H3. The normalized spacial score (nSPS) is 15.7. The number of likely N-dealkylation sites (tertiary alicyclic amines) is 1. The van der Waals surface area contributed by atoms with Crippen LogP contribution >= 0.6 is 0 Å². The van der Waals surface area contributed by atoms with Crippen LogP contribution in [0, 0.1) is 13.8 Å². The second-order valence-electron chi connectivity index (χ2n) is 6.50. The zero-order valence-electron chi connectivity index (χ0n) is 14.4. The fraction of sp³-hybridized carbons (Fsp3) is 0.389. The van der Waals surface area contributed by atoms with Gasteiger partial charge in [-0.3, -0.25) is 4.79 Å². The highest BCUT2D eigenvalue weighted by molar-refractivity contribution is 5.97. The predicted octanol–water partition coefficient (Wildman–Crippen LogP) is 2.32. The quantitative estimate of drug-likeness (QED) is 0.718. The molecule has 4 rings (SSSR count). The molecule has 0 unspecified atom stereocenters. The first kappa shape index (κ1) is 15.7. The van der Waals surface area contributed by atoms with Gasteiger partial charge in [-0.05, 0) is 44.9 Å². The van der Waals surface area contributed by atoms with Crippen LogP contribution in [0.15, 0.2) is 30.9 Å². The number of amides is 1. The number of hydrogen-bond acceptors (Lipinski definition) is 5. The maximum Gasteiger partial charge on any atom is 0.253 e. The highest BCUT2D eigenvalue weighted by Crippen LogP contribution is 2.23. The first-order chi connectivity index (χ1) is 12.1. The van der Waals surface area contributed by atoms with Crippen LogP contribution in [-0.2, 0) is 0 Å². The van der Waals surface area contributed by atoms with Crippen LogP contribution in [0.1, 0.15) is 40.6 Å². The molecule has 1 fully saturated rings. The predicted molar refractivity (Wildman–Crippen MR) is 93.2 cm³/mol. The van der Waals surface area contributed by atoms with Crippen LogP contribution in [0.25, 0.3) is 11.0 Å². The number of benzene rings is 1. The summed E-state index contributed by atoms with van der Waals surface area (Å²) in [6.45, 7) is 5.32. The number of carbonyl (C=O) groups excluding carboxylic acids is 1. The zero-order valence-corrected chi connectivity index (χ0v) is 14.4. The molecular formula is C18H20N6O. The molecule has 1 saturated heterocycles. The lowest BCUT2D eigenvalue weighted by Crippen LogP contribution is -2.39. The molecule has 0 radical (unpaired) electrons. The minimum absolute atomic E-state index is 0.0546. The maximum absolute atomic E-state index is 12.8. The van der Waals surface area contributed by atoms with Gasteiger partial charge in [-0.2, -0.15) is 5.10 Å². The van der Waals surface area contributed by atoms with E-state index < -0.39 is 0 Å². The monoisotopic (exact) mass is 336 g/mol. The van der Waals surface area contributed by atoms with E-state index in [4.69, 9.17) is 0 Å². The van der Waals surface area contributed by atoms with E-state index in [1.165, 1.54) is 0 Å². The summed E-state index contributed by atoms with van der Waals surface area (Å²) in [5.41, 5.74) is 4.08. The summed E-state index contributed by atoms with van der Waals surface area (Å²) < 4.78 is 1.89. The lowest BCUT2D eigenvalue weighted by Gasteiger charge is -2.32. The Hall–Kier alpha value is -2.83. The number of fused-ring (bicyclic) bond motifs is 1. The number of nitrogens with zero attached hydrogens (tertiary/aromatic N) is 6. The van der Waals surface area contributed by atoms with E-state index >= 15 is 0 Å². The van der Waals surface area contributed by atoms with Gasteiger partial charge in [-0.15, -0.1) is 0 Å². The lowest BCUT2D eigenvalue weighted by atomic mass is 10.0. The minimum Gasteiger partial charge on any atom is -0.338 e. The first-order valence-corrected chi connectivity index (χ1v) is 8.50. The molecule has 1 amide bonds. The number of aromatic nitrogens is 5. The Kier molecular flexibility index (Phi) is 3.91. The van der Waals surface area contributed by atoms with Crippen molar-refractivity contribution in [2.24, 2.45) is 0 Å². The second kappa shape index (κ2) is 6.23. The summed E-state index contributed by atoms with van der Waals surface area (Å²) in [7, 11) is 0. The third-order valence-electron chi connectivity index (χ3n) is 4.88. The zero-order chi connectivity index (χ0) is 17.4. The Labute approximate surface area is 145 Å². The SMILES string of the molecule is Cc1nc2ccc(C(=O)N3CCC(n4cncn4)CC3)cc2nc1C. The summed E-state index contributed by atoms with van der Waals surface area (Å²) in [5.74, 6) is 0.0546. The van der Waals surface area contributed by atoms with E-state index in [1.54, 1.807) is 12.7 Å². The Balaban J connectivity index is 1.51. The molecule has 3 heterocycles. The molecule has 7 nitrogen and oxygen atoms in total. The largest absolute Gasteiger partial charge is 0.338 e. The van der Waals surface area contributed by atoms with Gasteiger partial charge in [-0.1, -0.05) is 0 Å². The van der Waals surface area contributed by atoms with Crippen molar-refractivity contribution in [2.75, 3.05) is 13.1 Å². The minimum atomic E-state index is 0.0546. The summed E-state index contributed by atoms with van der Waals surface area (Å²) in [6, 6.07) is 5.89. The topological polar surface area (TPSA) is 76.8 Å². The Bertz CT molecular complexity index is 913. The maximum atomic E-state index is 12.8. The number of rotatable bonds is 2. The molecule has 1 aliphatic rings. The molecule has 25 heavy (non-hydrogen) atoms. The summed E-state index contributed by atoms with van der Waals surface area (Å²) in [5, 5.41) is 4.20. The van der Waals surface area contributed by atoms with Crippen molar-refractivity contribution in [3.05, 3.63) is 47.8 Å². The van der Waals surface area contributed by atoms with E-state index in [-0.39, 0.29) is 5.91 Å². The van der Waals surface area contributed by atoms with Gasteiger partial charge in [-0.25, -0.2) is 19.6 Å². The van der Waals surface area contributed by atoms with Crippen molar-refractivity contribution in [3.8, 4) is 0 Å². The van der Waals surface area contributed by atoms with Crippen molar-refractivity contribution >= 4 is 16.9 Å². The smallest absolute Gasteiger partial charge is 0.253 e.